The molecule has 3 rings (SSSR count). The van der Waals surface area contributed by atoms with E-state index in [1.807, 2.05) is 35.9 Å². The van der Waals surface area contributed by atoms with Crippen molar-refractivity contribution < 1.29 is 5.11 Å². The highest BCUT2D eigenvalue weighted by molar-refractivity contribution is 5.36. The first-order chi connectivity index (χ1) is 10.7. The smallest absolute Gasteiger partial charge is 0.108 e. The van der Waals surface area contributed by atoms with Crippen molar-refractivity contribution in [1.82, 2.24) is 30.0 Å². The number of hydrogen-bond acceptors (Lipinski definition) is 5. The van der Waals surface area contributed by atoms with Gasteiger partial charge in [0, 0.05) is 0 Å². The number of aromatic nitrogens is 6. The van der Waals surface area contributed by atoms with Crippen LogP contribution in [0.25, 0.3) is 5.69 Å². The summed E-state index contributed by atoms with van der Waals surface area (Å²) < 4.78 is 3.58. The van der Waals surface area contributed by atoms with Gasteiger partial charge >= 0.3 is 0 Å². The van der Waals surface area contributed by atoms with E-state index in [0.717, 1.165) is 29.1 Å². The number of rotatable bonds is 5. The molecule has 7 heteroatoms. The van der Waals surface area contributed by atoms with Gasteiger partial charge in [-0.1, -0.05) is 29.5 Å². The van der Waals surface area contributed by atoms with Gasteiger partial charge < -0.3 is 5.11 Å². The molecule has 0 amide bonds. The molecule has 1 N–H and O–H groups in total. The van der Waals surface area contributed by atoms with E-state index in [9.17, 15) is 0 Å². The van der Waals surface area contributed by atoms with Gasteiger partial charge in [0.1, 0.15) is 5.69 Å². The molecule has 0 aliphatic rings. The average molecular weight is 298 g/mol. The second-order valence-electron chi connectivity index (χ2n) is 5.12. The van der Waals surface area contributed by atoms with E-state index in [2.05, 4.69) is 27.5 Å². The van der Waals surface area contributed by atoms with Crippen molar-refractivity contribution >= 4 is 0 Å². The molecule has 0 radical (unpaired) electrons. The summed E-state index contributed by atoms with van der Waals surface area (Å²) >= 11 is 0. The van der Waals surface area contributed by atoms with Crippen molar-refractivity contribution in [1.29, 1.82) is 0 Å². The number of aliphatic hydroxyl groups excluding tert-OH is 1. The lowest BCUT2D eigenvalue weighted by molar-refractivity contribution is 0.276. The number of aliphatic hydroxyl groups is 1. The summed E-state index contributed by atoms with van der Waals surface area (Å²) in [5.74, 6) is 0. The monoisotopic (exact) mass is 298 g/mol. The van der Waals surface area contributed by atoms with E-state index in [0.29, 0.717) is 12.2 Å². The third kappa shape index (κ3) is 2.75. The minimum atomic E-state index is -0.0929. The van der Waals surface area contributed by atoms with Crippen LogP contribution in [0, 0.1) is 6.92 Å². The first kappa shape index (κ1) is 14.4. The molecular formula is C15H18N6O. The van der Waals surface area contributed by atoms with Crippen LogP contribution < -0.4 is 0 Å². The first-order valence-electron chi connectivity index (χ1n) is 7.21. The lowest BCUT2D eigenvalue weighted by Gasteiger charge is -2.07. The normalized spacial score (nSPS) is 11.0. The van der Waals surface area contributed by atoms with Crippen molar-refractivity contribution in [3.63, 3.8) is 0 Å². The van der Waals surface area contributed by atoms with E-state index in [-0.39, 0.29) is 6.61 Å². The second-order valence-corrected chi connectivity index (χ2v) is 5.12. The molecule has 3 aromatic rings. The van der Waals surface area contributed by atoms with Crippen LogP contribution in [-0.2, 0) is 19.6 Å². The molecule has 0 saturated carbocycles. The Morgan fingerprint density at radius 3 is 2.50 bits per heavy atom. The molecule has 0 aliphatic heterocycles. The van der Waals surface area contributed by atoms with Gasteiger partial charge in [-0.2, -0.15) is 0 Å². The van der Waals surface area contributed by atoms with Gasteiger partial charge in [-0.25, -0.2) is 9.36 Å². The standard InChI is InChI=1S/C15H18N6O/c1-3-15-11(2)16-19-21(15)14-6-4-12(5-7-14)8-20-9-13(10-22)17-18-20/h4-7,9,22H,3,8,10H2,1-2H3. The number of nitrogens with zero attached hydrogens (tertiary/aromatic N) is 6. The molecule has 0 unspecified atom stereocenters. The molecule has 0 fully saturated rings. The summed E-state index contributed by atoms with van der Waals surface area (Å²) in [6, 6.07) is 8.11. The zero-order valence-electron chi connectivity index (χ0n) is 12.6. The number of aryl methyl sites for hydroxylation is 1. The maximum Gasteiger partial charge on any atom is 0.108 e. The fourth-order valence-electron chi connectivity index (χ4n) is 2.41. The van der Waals surface area contributed by atoms with E-state index < -0.39 is 0 Å². The fraction of sp³-hybridized carbons (Fsp3) is 0.333. The quantitative estimate of drug-likeness (QED) is 0.767. The van der Waals surface area contributed by atoms with Crippen molar-refractivity contribution in [2.24, 2.45) is 0 Å². The van der Waals surface area contributed by atoms with Crippen LogP contribution in [0.2, 0.25) is 0 Å². The highest BCUT2D eigenvalue weighted by Gasteiger charge is 2.09. The Hall–Kier alpha value is -2.54. The van der Waals surface area contributed by atoms with Gasteiger partial charge in [0.25, 0.3) is 0 Å². The van der Waals surface area contributed by atoms with Crippen LogP contribution in [0.15, 0.2) is 30.5 Å². The highest BCUT2D eigenvalue weighted by atomic mass is 16.3. The van der Waals surface area contributed by atoms with Gasteiger partial charge in [0.2, 0.25) is 0 Å². The summed E-state index contributed by atoms with van der Waals surface area (Å²) in [6.07, 6.45) is 2.63. The molecule has 114 valence electrons. The van der Waals surface area contributed by atoms with Crippen LogP contribution >= 0.6 is 0 Å². The predicted octanol–water partition coefficient (Wildman–Crippen LogP) is 1.27. The number of benzene rings is 1. The van der Waals surface area contributed by atoms with E-state index >= 15 is 0 Å². The summed E-state index contributed by atoms with van der Waals surface area (Å²) in [6.45, 7) is 4.59. The third-order valence-corrected chi connectivity index (χ3v) is 3.57. The topological polar surface area (TPSA) is 81.7 Å². The molecule has 0 saturated heterocycles. The molecule has 0 atom stereocenters. The highest BCUT2D eigenvalue weighted by Crippen LogP contribution is 2.14. The Bertz CT molecular complexity index is 759. The molecule has 1 aromatic carbocycles. The summed E-state index contributed by atoms with van der Waals surface area (Å²) in [5.41, 5.74) is 4.76. The maximum absolute atomic E-state index is 9.00. The van der Waals surface area contributed by atoms with Crippen LogP contribution in [0.3, 0.4) is 0 Å². The lowest BCUT2D eigenvalue weighted by Crippen LogP contribution is -2.04. The van der Waals surface area contributed by atoms with Crippen LogP contribution in [0.5, 0.6) is 0 Å². The van der Waals surface area contributed by atoms with Crippen LogP contribution in [0.1, 0.15) is 29.6 Å². The third-order valence-electron chi connectivity index (χ3n) is 3.57. The average Bonchev–Trinajstić information content (AvgIpc) is 3.14. The zero-order valence-corrected chi connectivity index (χ0v) is 12.6. The summed E-state index contributed by atoms with van der Waals surface area (Å²) in [7, 11) is 0. The molecule has 2 aromatic heterocycles. The Kier molecular flexibility index (Phi) is 3.97. The Labute approximate surface area is 128 Å². The van der Waals surface area contributed by atoms with Crippen LogP contribution in [-0.4, -0.2) is 35.1 Å². The van der Waals surface area contributed by atoms with E-state index in [4.69, 9.17) is 5.11 Å². The van der Waals surface area contributed by atoms with Crippen LogP contribution in [0.4, 0.5) is 0 Å². The zero-order chi connectivity index (χ0) is 15.5. The molecule has 7 nitrogen and oxygen atoms in total. The summed E-state index contributed by atoms with van der Waals surface area (Å²) in [4.78, 5) is 0. The first-order valence-corrected chi connectivity index (χ1v) is 7.21. The van der Waals surface area contributed by atoms with Gasteiger partial charge in [-0.05, 0) is 31.0 Å². The van der Waals surface area contributed by atoms with Crippen molar-refractivity contribution in [2.75, 3.05) is 0 Å². The SMILES string of the molecule is CCc1c(C)nnn1-c1ccc(Cn2cc(CO)nn2)cc1. The van der Waals surface area contributed by atoms with Crippen molar-refractivity contribution in [2.45, 2.75) is 33.4 Å². The predicted molar refractivity (Wildman–Crippen MR) is 80.5 cm³/mol. The maximum atomic E-state index is 9.00. The molecule has 2 heterocycles. The Balaban J connectivity index is 1.80. The van der Waals surface area contributed by atoms with Gasteiger partial charge in [0.15, 0.2) is 0 Å². The van der Waals surface area contributed by atoms with Gasteiger partial charge in [-0.15, -0.1) is 10.2 Å². The Morgan fingerprint density at radius 2 is 1.86 bits per heavy atom. The Morgan fingerprint density at radius 1 is 1.09 bits per heavy atom. The lowest BCUT2D eigenvalue weighted by atomic mass is 10.2. The molecule has 0 spiro atoms. The largest absolute Gasteiger partial charge is 0.390 e. The molecular weight excluding hydrogens is 280 g/mol. The van der Waals surface area contributed by atoms with Gasteiger partial charge in [-0.3, -0.25) is 0 Å². The minimum absolute atomic E-state index is 0.0929. The van der Waals surface area contributed by atoms with Gasteiger partial charge in [0.05, 0.1) is 36.4 Å². The van der Waals surface area contributed by atoms with Crippen molar-refractivity contribution in [3.05, 3.63) is 53.1 Å². The molecule has 0 aliphatic carbocycles. The minimum Gasteiger partial charge on any atom is -0.390 e. The van der Waals surface area contributed by atoms with E-state index in [1.54, 1.807) is 10.9 Å². The second kappa shape index (κ2) is 6.07. The molecule has 22 heavy (non-hydrogen) atoms. The van der Waals surface area contributed by atoms with Crippen molar-refractivity contribution in [3.8, 4) is 5.69 Å². The number of hydrogen-bond donors (Lipinski definition) is 1. The van der Waals surface area contributed by atoms with E-state index in [1.165, 1.54) is 0 Å². The summed E-state index contributed by atoms with van der Waals surface area (Å²) in [5, 5.41) is 25.2. The fourth-order valence-corrected chi connectivity index (χ4v) is 2.41. The molecule has 0 bridgehead atoms.